The van der Waals surface area contributed by atoms with Crippen LogP contribution in [-0.2, 0) is 7.05 Å². The Morgan fingerprint density at radius 1 is 1.26 bits per heavy atom. The molecule has 0 unspecified atom stereocenters. The molecule has 0 radical (unpaired) electrons. The van der Waals surface area contributed by atoms with Crippen LogP contribution in [0, 0.1) is 6.92 Å². The van der Waals surface area contributed by atoms with Crippen molar-refractivity contribution in [1.29, 1.82) is 0 Å². The zero-order valence-electron chi connectivity index (χ0n) is 11.8. The second kappa shape index (κ2) is 5.26. The summed E-state index contributed by atoms with van der Waals surface area (Å²) in [7, 11) is 1.77. The first-order chi connectivity index (χ1) is 8.97. The Balaban J connectivity index is 2.13. The van der Waals surface area contributed by atoms with E-state index in [4.69, 9.17) is 0 Å². The molecule has 4 nitrogen and oxygen atoms in total. The van der Waals surface area contributed by atoms with Crippen LogP contribution in [0.5, 0.6) is 0 Å². The minimum absolute atomic E-state index is 0.139. The summed E-state index contributed by atoms with van der Waals surface area (Å²) in [6.45, 7) is 6.16. The predicted molar refractivity (Wildman–Crippen MR) is 76.4 cm³/mol. The van der Waals surface area contributed by atoms with Gasteiger partial charge < -0.3 is 5.32 Å². The topological polar surface area (TPSA) is 46.9 Å². The molecule has 2 rings (SSSR count). The van der Waals surface area contributed by atoms with Crippen LogP contribution in [0.1, 0.15) is 41.5 Å². The maximum Gasteiger partial charge on any atom is 0.273 e. The van der Waals surface area contributed by atoms with Gasteiger partial charge in [-0.1, -0.05) is 26.0 Å². The second-order valence-electron chi connectivity index (χ2n) is 5.03. The summed E-state index contributed by atoms with van der Waals surface area (Å²) in [6, 6.07) is 9.70. The van der Waals surface area contributed by atoms with Gasteiger partial charge in [0.2, 0.25) is 0 Å². The number of nitrogens with one attached hydrogen (secondary N) is 1. The Labute approximate surface area is 113 Å². The molecular formula is C15H19N3O. The molecule has 100 valence electrons. The Hall–Kier alpha value is -2.10. The van der Waals surface area contributed by atoms with Crippen molar-refractivity contribution < 1.29 is 4.79 Å². The summed E-state index contributed by atoms with van der Waals surface area (Å²) in [5.41, 5.74) is 3.45. The number of carbonyl (C=O) groups excluding carboxylic acids is 1. The molecule has 0 aliphatic carbocycles. The molecule has 4 heteroatoms. The number of benzene rings is 1. The van der Waals surface area contributed by atoms with Crippen molar-refractivity contribution in [2.45, 2.75) is 26.7 Å². The molecule has 0 spiro atoms. The largest absolute Gasteiger partial charge is 0.321 e. The molecule has 0 saturated heterocycles. The molecule has 0 atom stereocenters. The number of rotatable bonds is 3. The summed E-state index contributed by atoms with van der Waals surface area (Å²) in [4.78, 5) is 12.1. The van der Waals surface area contributed by atoms with Crippen LogP contribution >= 0.6 is 0 Å². The highest BCUT2D eigenvalue weighted by Crippen LogP contribution is 2.17. The fourth-order valence-corrected chi connectivity index (χ4v) is 1.97. The third-order valence-electron chi connectivity index (χ3n) is 3.07. The molecule has 1 heterocycles. The monoisotopic (exact) mass is 257 g/mol. The number of hydrogen-bond donors (Lipinski definition) is 1. The average molecular weight is 257 g/mol. The van der Waals surface area contributed by atoms with Crippen molar-refractivity contribution in [3.8, 4) is 0 Å². The molecular weight excluding hydrogens is 238 g/mol. The smallest absolute Gasteiger partial charge is 0.273 e. The van der Waals surface area contributed by atoms with Crippen LogP contribution in [0.25, 0.3) is 0 Å². The zero-order chi connectivity index (χ0) is 14.0. The van der Waals surface area contributed by atoms with E-state index in [-0.39, 0.29) is 5.91 Å². The maximum atomic E-state index is 12.1. The van der Waals surface area contributed by atoms with Gasteiger partial charge in [0, 0.05) is 12.7 Å². The number of aryl methyl sites for hydroxylation is 2. The fourth-order valence-electron chi connectivity index (χ4n) is 1.97. The molecule has 1 aromatic heterocycles. The SMILES string of the molecule is Cc1cc(C(=O)Nc2ccc(C(C)C)cc2)n(C)n1. The van der Waals surface area contributed by atoms with Gasteiger partial charge in [-0.3, -0.25) is 9.48 Å². The molecule has 2 aromatic rings. The average Bonchev–Trinajstić information content (AvgIpc) is 2.69. The molecule has 0 bridgehead atoms. The van der Waals surface area contributed by atoms with E-state index in [1.54, 1.807) is 17.8 Å². The lowest BCUT2D eigenvalue weighted by Crippen LogP contribution is -2.16. The molecule has 1 aromatic carbocycles. The maximum absolute atomic E-state index is 12.1. The number of nitrogens with zero attached hydrogens (tertiary/aromatic N) is 2. The van der Waals surface area contributed by atoms with Gasteiger partial charge in [0.25, 0.3) is 5.91 Å². The lowest BCUT2D eigenvalue weighted by Gasteiger charge is -2.08. The van der Waals surface area contributed by atoms with Crippen LogP contribution in [0.2, 0.25) is 0 Å². The van der Waals surface area contributed by atoms with Crippen molar-refractivity contribution >= 4 is 11.6 Å². The first kappa shape index (κ1) is 13.3. The summed E-state index contributed by atoms with van der Waals surface area (Å²) in [6.07, 6.45) is 0. The quantitative estimate of drug-likeness (QED) is 0.918. The minimum atomic E-state index is -0.139. The van der Waals surface area contributed by atoms with Gasteiger partial charge >= 0.3 is 0 Å². The van der Waals surface area contributed by atoms with E-state index in [9.17, 15) is 4.79 Å². The van der Waals surface area contributed by atoms with E-state index in [1.165, 1.54) is 5.56 Å². The Morgan fingerprint density at radius 2 is 1.89 bits per heavy atom. The Morgan fingerprint density at radius 3 is 2.37 bits per heavy atom. The van der Waals surface area contributed by atoms with Crippen molar-refractivity contribution in [3.63, 3.8) is 0 Å². The van der Waals surface area contributed by atoms with Crippen molar-refractivity contribution in [2.75, 3.05) is 5.32 Å². The van der Waals surface area contributed by atoms with Crippen LogP contribution in [0.15, 0.2) is 30.3 Å². The third kappa shape index (κ3) is 3.02. The van der Waals surface area contributed by atoms with Crippen LogP contribution in [0.3, 0.4) is 0 Å². The van der Waals surface area contributed by atoms with E-state index in [0.717, 1.165) is 11.4 Å². The first-order valence-electron chi connectivity index (χ1n) is 6.39. The van der Waals surface area contributed by atoms with Crippen molar-refractivity contribution in [2.24, 2.45) is 7.05 Å². The van der Waals surface area contributed by atoms with Gasteiger partial charge in [-0.05, 0) is 36.6 Å². The van der Waals surface area contributed by atoms with Crippen LogP contribution < -0.4 is 5.32 Å². The molecule has 0 aliphatic rings. The number of amides is 1. The molecule has 0 fully saturated rings. The van der Waals surface area contributed by atoms with Crippen LogP contribution in [0.4, 0.5) is 5.69 Å². The lowest BCUT2D eigenvalue weighted by molar-refractivity contribution is 0.101. The van der Waals surface area contributed by atoms with E-state index in [2.05, 4.69) is 24.3 Å². The summed E-state index contributed by atoms with van der Waals surface area (Å²) >= 11 is 0. The Bertz CT molecular complexity index is 582. The van der Waals surface area contributed by atoms with E-state index in [1.807, 2.05) is 31.2 Å². The zero-order valence-corrected chi connectivity index (χ0v) is 11.8. The van der Waals surface area contributed by atoms with Gasteiger partial charge in [0.05, 0.1) is 5.69 Å². The van der Waals surface area contributed by atoms with Gasteiger partial charge in [0.15, 0.2) is 0 Å². The van der Waals surface area contributed by atoms with Gasteiger partial charge in [-0.2, -0.15) is 5.10 Å². The number of aromatic nitrogens is 2. The van der Waals surface area contributed by atoms with E-state index in [0.29, 0.717) is 11.6 Å². The Kier molecular flexibility index (Phi) is 3.69. The normalized spacial score (nSPS) is 10.8. The minimum Gasteiger partial charge on any atom is -0.321 e. The molecule has 1 amide bonds. The highest BCUT2D eigenvalue weighted by atomic mass is 16.2. The predicted octanol–water partition coefficient (Wildman–Crippen LogP) is 3.10. The van der Waals surface area contributed by atoms with Gasteiger partial charge in [0.1, 0.15) is 5.69 Å². The standard InChI is InChI=1S/C15H19N3O/c1-10(2)12-5-7-13(8-6-12)16-15(19)14-9-11(3)17-18(14)4/h5-10H,1-4H3,(H,16,19). The van der Waals surface area contributed by atoms with Crippen LogP contribution in [-0.4, -0.2) is 15.7 Å². The molecule has 19 heavy (non-hydrogen) atoms. The molecule has 0 aliphatic heterocycles. The van der Waals surface area contributed by atoms with Gasteiger partial charge in [-0.25, -0.2) is 0 Å². The molecule has 0 saturated carbocycles. The summed E-state index contributed by atoms with van der Waals surface area (Å²) < 4.78 is 1.59. The van der Waals surface area contributed by atoms with Crippen molar-refractivity contribution in [1.82, 2.24) is 9.78 Å². The number of hydrogen-bond acceptors (Lipinski definition) is 2. The first-order valence-corrected chi connectivity index (χ1v) is 6.39. The molecule has 1 N–H and O–H groups in total. The highest BCUT2D eigenvalue weighted by molar-refractivity contribution is 6.03. The van der Waals surface area contributed by atoms with E-state index >= 15 is 0 Å². The third-order valence-corrected chi connectivity index (χ3v) is 3.07. The second-order valence-corrected chi connectivity index (χ2v) is 5.03. The summed E-state index contributed by atoms with van der Waals surface area (Å²) in [5, 5.41) is 7.05. The lowest BCUT2D eigenvalue weighted by atomic mass is 10.0. The van der Waals surface area contributed by atoms with Crippen molar-refractivity contribution in [3.05, 3.63) is 47.3 Å². The highest BCUT2D eigenvalue weighted by Gasteiger charge is 2.11. The fraction of sp³-hybridized carbons (Fsp3) is 0.333. The summed E-state index contributed by atoms with van der Waals surface area (Å²) in [5.74, 6) is 0.352. The number of carbonyl (C=O) groups is 1. The number of anilines is 1. The van der Waals surface area contributed by atoms with Gasteiger partial charge in [-0.15, -0.1) is 0 Å². The van der Waals surface area contributed by atoms with E-state index < -0.39 is 0 Å².